The van der Waals surface area contributed by atoms with Crippen LogP contribution in [0.15, 0.2) is 40.8 Å². The number of rotatable bonds is 9. The number of allylic oxidation sites excluding steroid dienone is 2. The summed E-state index contributed by atoms with van der Waals surface area (Å²) in [5.74, 6) is 0.301. The highest BCUT2D eigenvalue weighted by Crippen LogP contribution is 2.26. The van der Waals surface area contributed by atoms with E-state index in [1.807, 2.05) is 37.3 Å². The quantitative estimate of drug-likeness (QED) is 0.481. The molecule has 2 nitrogen and oxygen atoms in total. The summed E-state index contributed by atoms with van der Waals surface area (Å²) in [6.07, 6.45) is 1.44. The van der Waals surface area contributed by atoms with E-state index in [0.717, 1.165) is 29.6 Å². The highest BCUT2D eigenvalue weighted by atomic mass is 32.2. The molecule has 0 aliphatic carbocycles. The Morgan fingerprint density at radius 1 is 0.880 bits per heavy atom. The molecule has 0 spiro atoms. The smallest absolute Gasteiger partial charge is 0.174 e. The third-order valence-corrected chi connectivity index (χ3v) is 10.3. The van der Waals surface area contributed by atoms with Gasteiger partial charge in [-0.05, 0) is 25.0 Å². The average molecular weight is 397 g/mol. The number of hydrogen-bond acceptors (Lipinski definition) is 2. The third kappa shape index (κ3) is 9.02. The van der Waals surface area contributed by atoms with Crippen LogP contribution in [0.2, 0.25) is 51.4 Å². The van der Waals surface area contributed by atoms with Crippen LogP contribution in [-0.2, 0) is 16.3 Å². The summed E-state index contributed by atoms with van der Waals surface area (Å²) in [6.45, 7) is 15.8. The first kappa shape index (κ1) is 22.4. The molecule has 0 radical (unpaired) electrons. The van der Waals surface area contributed by atoms with Crippen molar-refractivity contribution in [3.05, 3.63) is 46.4 Å². The Morgan fingerprint density at radius 2 is 1.40 bits per heavy atom. The zero-order valence-corrected chi connectivity index (χ0v) is 20.0. The molecule has 25 heavy (non-hydrogen) atoms. The summed E-state index contributed by atoms with van der Waals surface area (Å²) in [7, 11) is -5.76. The molecular weight excluding hydrogens is 360 g/mol. The first-order valence-corrected chi connectivity index (χ1v) is 18.3. The molecule has 0 fully saturated rings. The van der Waals surface area contributed by atoms with E-state index < -0.39 is 26.0 Å². The minimum atomic E-state index is -3.19. The van der Waals surface area contributed by atoms with Crippen molar-refractivity contribution in [1.29, 1.82) is 0 Å². The number of hydrogen-bond donors (Lipinski definition) is 0. The highest BCUT2D eigenvalue weighted by Gasteiger charge is 2.25. The summed E-state index contributed by atoms with van der Waals surface area (Å²) in [6, 6.07) is 12.0. The fourth-order valence-electron chi connectivity index (χ4n) is 2.57. The van der Waals surface area contributed by atoms with Crippen LogP contribution in [0.25, 0.3) is 0 Å². The Labute approximate surface area is 157 Å². The van der Waals surface area contributed by atoms with Gasteiger partial charge in [-0.3, -0.25) is 0 Å². The Kier molecular flexibility index (Phi) is 7.90. The molecule has 0 saturated heterocycles. The van der Waals surface area contributed by atoms with Gasteiger partial charge in [0.05, 0.1) is 5.75 Å². The van der Waals surface area contributed by atoms with Crippen molar-refractivity contribution < 1.29 is 8.42 Å². The lowest BCUT2D eigenvalue weighted by Crippen LogP contribution is -2.25. The van der Waals surface area contributed by atoms with Crippen LogP contribution < -0.4 is 0 Å². The molecule has 0 aliphatic heterocycles. The fourth-order valence-corrected chi connectivity index (χ4v) is 8.49. The molecule has 1 aromatic rings. The molecule has 0 saturated carbocycles. The lowest BCUT2D eigenvalue weighted by molar-refractivity contribution is 0.601. The molecule has 1 aromatic carbocycles. The average Bonchev–Trinajstić information content (AvgIpc) is 2.48. The van der Waals surface area contributed by atoms with Gasteiger partial charge < -0.3 is 0 Å². The third-order valence-electron chi connectivity index (χ3n) is 4.43. The monoisotopic (exact) mass is 396 g/mol. The SMILES string of the molecule is C/C(CC[Si](C)(C)C)=C(/Cc1ccccc1)S(=O)(=O)CC[Si](C)(C)C. The second-order valence-electron chi connectivity index (χ2n) is 9.56. The molecule has 0 heterocycles. The van der Waals surface area contributed by atoms with Crippen molar-refractivity contribution in [2.45, 2.75) is 71.1 Å². The molecule has 0 N–H and O–H groups in total. The van der Waals surface area contributed by atoms with E-state index in [1.54, 1.807) is 0 Å². The van der Waals surface area contributed by atoms with Gasteiger partial charge in [-0.25, -0.2) is 8.42 Å². The van der Waals surface area contributed by atoms with Crippen molar-refractivity contribution in [1.82, 2.24) is 0 Å². The molecule has 0 unspecified atom stereocenters. The zero-order valence-electron chi connectivity index (χ0n) is 17.1. The van der Waals surface area contributed by atoms with Crippen molar-refractivity contribution >= 4 is 26.0 Å². The first-order chi connectivity index (χ1) is 11.3. The lowest BCUT2D eigenvalue weighted by atomic mass is 10.1. The lowest BCUT2D eigenvalue weighted by Gasteiger charge is -2.20. The van der Waals surface area contributed by atoms with Crippen LogP contribution >= 0.6 is 0 Å². The first-order valence-electron chi connectivity index (χ1n) is 9.25. The van der Waals surface area contributed by atoms with Gasteiger partial charge in [-0.15, -0.1) is 0 Å². The second-order valence-corrected chi connectivity index (χ2v) is 22.9. The van der Waals surface area contributed by atoms with E-state index in [0.29, 0.717) is 17.1 Å². The molecule has 1 rings (SSSR count). The van der Waals surface area contributed by atoms with Crippen LogP contribution in [0.1, 0.15) is 18.9 Å². The Bertz CT molecular complexity index is 679. The molecule has 0 bridgehead atoms. The van der Waals surface area contributed by atoms with E-state index in [9.17, 15) is 8.42 Å². The Balaban J connectivity index is 3.13. The van der Waals surface area contributed by atoms with Crippen LogP contribution in [0, 0.1) is 0 Å². The van der Waals surface area contributed by atoms with E-state index in [4.69, 9.17) is 0 Å². The van der Waals surface area contributed by atoms with Gasteiger partial charge in [-0.2, -0.15) is 0 Å². The molecular formula is C20H36O2SSi2. The van der Waals surface area contributed by atoms with Gasteiger partial charge in [0.1, 0.15) is 0 Å². The van der Waals surface area contributed by atoms with Gasteiger partial charge in [0.25, 0.3) is 0 Å². The van der Waals surface area contributed by atoms with E-state index in [-0.39, 0.29) is 0 Å². The van der Waals surface area contributed by atoms with Crippen LogP contribution in [-0.4, -0.2) is 30.3 Å². The van der Waals surface area contributed by atoms with E-state index >= 15 is 0 Å². The maximum absolute atomic E-state index is 13.1. The van der Waals surface area contributed by atoms with Crippen LogP contribution in [0.3, 0.4) is 0 Å². The Hall–Kier alpha value is -0.656. The maximum Gasteiger partial charge on any atom is 0.174 e. The highest BCUT2D eigenvalue weighted by molar-refractivity contribution is 7.95. The van der Waals surface area contributed by atoms with Gasteiger partial charge >= 0.3 is 0 Å². The molecule has 0 atom stereocenters. The number of sulfone groups is 1. The normalized spacial score (nSPS) is 14.4. The topological polar surface area (TPSA) is 34.1 Å². The van der Waals surface area contributed by atoms with Gasteiger partial charge in [0, 0.05) is 27.5 Å². The molecule has 0 amide bonds. The van der Waals surface area contributed by atoms with Gasteiger partial charge in [0.2, 0.25) is 0 Å². The molecule has 142 valence electrons. The summed E-state index contributed by atoms with van der Waals surface area (Å²) in [5, 5.41) is 0. The predicted molar refractivity (Wildman–Crippen MR) is 118 cm³/mol. The van der Waals surface area contributed by atoms with Crippen molar-refractivity contribution in [3.8, 4) is 0 Å². The zero-order chi connectivity index (χ0) is 19.3. The molecule has 0 aromatic heterocycles. The fraction of sp³-hybridized carbons (Fsp3) is 0.600. The Morgan fingerprint density at radius 3 is 1.88 bits per heavy atom. The minimum Gasteiger partial charge on any atom is -0.224 e. The van der Waals surface area contributed by atoms with Crippen LogP contribution in [0.4, 0.5) is 0 Å². The summed E-state index contributed by atoms with van der Waals surface area (Å²) in [5.41, 5.74) is 2.16. The second kappa shape index (κ2) is 8.82. The number of benzene rings is 1. The maximum atomic E-state index is 13.1. The van der Waals surface area contributed by atoms with Crippen molar-refractivity contribution in [3.63, 3.8) is 0 Å². The van der Waals surface area contributed by atoms with Gasteiger partial charge in [0.15, 0.2) is 9.84 Å². The van der Waals surface area contributed by atoms with E-state index in [2.05, 4.69) is 39.3 Å². The summed E-state index contributed by atoms with van der Waals surface area (Å²) in [4.78, 5) is 0.676. The molecule has 0 aliphatic rings. The summed E-state index contributed by atoms with van der Waals surface area (Å²) < 4.78 is 26.2. The largest absolute Gasteiger partial charge is 0.224 e. The van der Waals surface area contributed by atoms with Crippen molar-refractivity contribution in [2.75, 3.05) is 5.75 Å². The standard InChI is InChI=1S/C20H36O2SSi2/c1-18(13-15-24(2,3)4)20(17-19-11-9-8-10-12-19)23(21,22)14-16-25(5,6)7/h8-12H,13-17H2,1-7H3/b20-18+. The van der Waals surface area contributed by atoms with Gasteiger partial charge in [-0.1, -0.05) is 81.2 Å². The van der Waals surface area contributed by atoms with E-state index in [1.165, 1.54) is 0 Å². The minimum absolute atomic E-state index is 0.301. The summed E-state index contributed by atoms with van der Waals surface area (Å²) >= 11 is 0. The van der Waals surface area contributed by atoms with Crippen molar-refractivity contribution in [2.24, 2.45) is 0 Å². The predicted octanol–water partition coefficient (Wildman–Crippen LogP) is 5.98. The van der Waals surface area contributed by atoms with Crippen LogP contribution in [0.5, 0.6) is 0 Å². The molecule has 5 heteroatoms.